The van der Waals surface area contributed by atoms with Crippen molar-refractivity contribution in [2.24, 2.45) is 5.41 Å². The zero-order valence-electron chi connectivity index (χ0n) is 13.2. The average molecular weight is 241 g/mol. The molecule has 0 rings (SSSR count). The SMILES string of the molecule is CCCCCCC(CC)(CC)CNC(C)(C)C. The van der Waals surface area contributed by atoms with Crippen molar-refractivity contribution < 1.29 is 0 Å². The first kappa shape index (κ1) is 17.0. The van der Waals surface area contributed by atoms with Crippen molar-refractivity contribution in [1.29, 1.82) is 0 Å². The summed E-state index contributed by atoms with van der Waals surface area (Å²) in [6.07, 6.45) is 9.55. The maximum Gasteiger partial charge on any atom is 0.00967 e. The van der Waals surface area contributed by atoms with Gasteiger partial charge in [-0.3, -0.25) is 0 Å². The van der Waals surface area contributed by atoms with Crippen LogP contribution in [0.2, 0.25) is 0 Å². The Balaban J connectivity index is 4.15. The topological polar surface area (TPSA) is 12.0 Å². The third-order valence-corrected chi connectivity index (χ3v) is 4.05. The Kier molecular flexibility index (Phi) is 8.11. The quantitative estimate of drug-likeness (QED) is 0.550. The Labute approximate surface area is 110 Å². The van der Waals surface area contributed by atoms with Crippen LogP contribution in [0.25, 0.3) is 0 Å². The van der Waals surface area contributed by atoms with Gasteiger partial charge >= 0.3 is 0 Å². The zero-order valence-corrected chi connectivity index (χ0v) is 13.2. The molecule has 104 valence electrons. The summed E-state index contributed by atoms with van der Waals surface area (Å²) in [5.41, 5.74) is 0.778. The van der Waals surface area contributed by atoms with Gasteiger partial charge in [0, 0.05) is 12.1 Å². The van der Waals surface area contributed by atoms with E-state index in [1.807, 2.05) is 0 Å². The van der Waals surface area contributed by atoms with Gasteiger partial charge in [0.2, 0.25) is 0 Å². The third kappa shape index (κ3) is 7.81. The minimum Gasteiger partial charge on any atom is -0.312 e. The second kappa shape index (κ2) is 8.13. The smallest absolute Gasteiger partial charge is 0.00967 e. The molecule has 17 heavy (non-hydrogen) atoms. The third-order valence-electron chi connectivity index (χ3n) is 4.05. The summed E-state index contributed by atoms with van der Waals surface area (Å²) in [6, 6.07) is 0. The molecule has 0 spiro atoms. The molecule has 0 radical (unpaired) electrons. The van der Waals surface area contributed by atoms with Gasteiger partial charge in [0.05, 0.1) is 0 Å². The van der Waals surface area contributed by atoms with Crippen molar-refractivity contribution in [1.82, 2.24) is 5.32 Å². The largest absolute Gasteiger partial charge is 0.312 e. The predicted molar refractivity (Wildman–Crippen MR) is 79.5 cm³/mol. The summed E-state index contributed by atoms with van der Waals surface area (Å²) in [7, 11) is 0. The first-order chi connectivity index (χ1) is 7.89. The summed E-state index contributed by atoms with van der Waals surface area (Å²) in [5, 5.41) is 3.71. The van der Waals surface area contributed by atoms with Crippen LogP contribution in [0.5, 0.6) is 0 Å². The molecule has 0 fully saturated rings. The molecule has 1 nitrogen and oxygen atoms in total. The highest BCUT2D eigenvalue weighted by molar-refractivity contribution is 4.83. The minimum absolute atomic E-state index is 0.249. The van der Waals surface area contributed by atoms with E-state index in [4.69, 9.17) is 0 Å². The van der Waals surface area contributed by atoms with E-state index in [-0.39, 0.29) is 5.54 Å². The van der Waals surface area contributed by atoms with E-state index in [9.17, 15) is 0 Å². The van der Waals surface area contributed by atoms with E-state index >= 15 is 0 Å². The van der Waals surface area contributed by atoms with Gasteiger partial charge in [-0.15, -0.1) is 0 Å². The van der Waals surface area contributed by atoms with Crippen molar-refractivity contribution in [2.75, 3.05) is 6.54 Å². The minimum atomic E-state index is 0.249. The molecular weight excluding hydrogens is 206 g/mol. The summed E-state index contributed by atoms with van der Waals surface area (Å²) in [5.74, 6) is 0. The van der Waals surface area contributed by atoms with E-state index in [0.29, 0.717) is 5.41 Å². The maximum absolute atomic E-state index is 3.71. The fourth-order valence-electron chi connectivity index (χ4n) is 2.32. The van der Waals surface area contributed by atoms with Crippen molar-refractivity contribution in [2.45, 2.75) is 92.0 Å². The predicted octanol–water partition coefficient (Wildman–Crippen LogP) is 5.15. The Morgan fingerprint density at radius 3 is 1.82 bits per heavy atom. The molecule has 0 aliphatic carbocycles. The van der Waals surface area contributed by atoms with E-state index in [1.54, 1.807) is 0 Å². The molecule has 0 amide bonds. The van der Waals surface area contributed by atoms with Crippen LogP contribution in [0, 0.1) is 5.41 Å². The Morgan fingerprint density at radius 1 is 0.824 bits per heavy atom. The van der Waals surface area contributed by atoms with Crippen LogP contribution < -0.4 is 5.32 Å². The molecule has 0 aliphatic heterocycles. The molecule has 0 saturated heterocycles. The van der Waals surface area contributed by atoms with Gasteiger partial charge in [0.25, 0.3) is 0 Å². The first-order valence-electron chi connectivity index (χ1n) is 7.64. The molecule has 0 aliphatic rings. The molecule has 0 atom stereocenters. The first-order valence-corrected chi connectivity index (χ1v) is 7.64. The molecule has 1 heteroatoms. The van der Waals surface area contributed by atoms with Gasteiger partial charge in [-0.25, -0.2) is 0 Å². The van der Waals surface area contributed by atoms with E-state index in [0.717, 1.165) is 0 Å². The van der Waals surface area contributed by atoms with Gasteiger partial charge in [0.1, 0.15) is 0 Å². The van der Waals surface area contributed by atoms with Crippen LogP contribution >= 0.6 is 0 Å². The number of nitrogens with one attached hydrogen (secondary N) is 1. The summed E-state index contributed by atoms with van der Waals surface area (Å²) < 4.78 is 0. The van der Waals surface area contributed by atoms with Crippen molar-refractivity contribution in [3.8, 4) is 0 Å². The summed E-state index contributed by atoms with van der Waals surface area (Å²) in [4.78, 5) is 0. The number of hydrogen-bond acceptors (Lipinski definition) is 1. The van der Waals surface area contributed by atoms with Gasteiger partial charge in [-0.2, -0.15) is 0 Å². The lowest BCUT2D eigenvalue weighted by molar-refractivity contribution is 0.198. The average Bonchev–Trinajstić information content (AvgIpc) is 2.28. The highest BCUT2D eigenvalue weighted by atomic mass is 15.0. The maximum atomic E-state index is 3.71. The fraction of sp³-hybridized carbons (Fsp3) is 1.00. The van der Waals surface area contributed by atoms with Gasteiger partial charge in [-0.05, 0) is 45.4 Å². The van der Waals surface area contributed by atoms with Gasteiger partial charge in [-0.1, -0.05) is 46.5 Å². The molecule has 1 N–H and O–H groups in total. The Morgan fingerprint density at radius 2 is 1.41 bits per heavy atom. The van der Waals surface area contributed by atoms with Crippen LogP contribution in [0.3, 0.4) is 0 Å². The summed E-state index contributed by atoms with van der Waals surface area (Å²) >= 11 is 0. The summed E-state index contributed by atoms with van der Waals surface area (Å²) in [6.45, 7) is 15.0. The molecule has 0 aromatic heterocycles. The highest BCUT2D eigenvalue weighted by Gasteiger charge is 2.26. The van der Waals surface area contributed by atoms with Gasteiger partial charge in [0.15, 0.2) is 0 Å². The number of hydrogen-bond donors (Lipinski definition) is 1. The lowest BCUT2D eigenvalue weighted by Crippen LogP contribution is -2.43. The van der Waals surface area contributed by atoms with Crippen LogP contribution in [0.1, 0.15) is 86.5 Å². The van der Waals surface area contributed by atoms with E-state index < -0.39 is 0 Å². The van der Waals surface area contributed by atoms with E-state index in [2.05, 4.69) is 46.9 Å². The highest BCUT2D eigenvalue weighted by Crippen LogP contribution is 2.32. The van der Waals surface area contributed by atoms with Crippen molar-refractivity contribution >= 4 is 0 Å². The van der Waals surface area contributed by atoms with Crippen LogP contribution in [-0.4, -0.2) is 12.1 Å². The molecule has 0 aromatic carbocycles. The van der Waals surface area contributed by atoms with Gasteiger partial charge < -0.3 is 5.32 Å². The normalized spacial score (nSPS) is 13.1. The van der Waals surface area contributed by atoms with Crippen molar-refractivity contribution in [3.05, 3.63) is 0 Å². The second-order valence-electron chi connectivity index (χ2n) is 6.62. The molecule has 0 heterocycles. The Bertz CT molecular complexity index is 174. The van der Waals surface area contributed by atoms with E-state index in [1.165, 1.54) is 51.5 Å². The molecule has 0 bridgehead atoms. The number of unbranched alkanes of at least 4 members (excludes halogenated alkanes) is 3. The van der Waals surface area contributed by atoms with Crippen molar-refractivity contribution in [3.63, 3.8) is 0 Å². The fourth-order valence-corrected chi connectivity index (χ4v) is 2.32. The van der Waals surface area contributed by atoms with Crippen LogP contribution in [-0.2, 0) is 0 Å². The molecular formula is C16H35N. The molecule has 0 unspecified atom stereocenters. The zero-order chi connectivity index (χ0) is 13.4. The standard InChI is InChI=1S/C16H35N/c1-7-10-11-12-13-16(8-2,9-3)14-17-15(4,5)6/h17H,7-14H2,1-6H3. The monoisotopic (exact) mass is 241 g/mol. The second-order valence-corrected chi connectivity index (χ2v) is 6.62. The van der Waals surface area contributed by atoms with Crippen LogP contribution in [0.15, 0.2) is 0 Å². The van der Waals surface area contributed by atoms with Crippen LogP contribution in [0.4, 0.5) is 0 Å². The molecule has 0 saturated carbocycles. The lowest BCUT2D eigenvalue weighted by atomic mass is 9.77. The Hall–Kier alpha value is -0.0400. The lowest BCUT2D eigenvalue weighted by Gasteiger charge is -2.35. The molecule has 0 aromatic rings. The number of rotatable bonds is 9.